The van der Waals surface area contributed by atoms with Crippen molar-refractivity contribution < 1.29 is 14.4 Å². The second kappa shape index (κ2) is 9.67. The van der Waals surface area contributed by atoms with E-state index in [1.807, 2.05) is 12.1 Å². The molecular weight excluding hydrogens is 349 g/mol. The van der Waals surface area contributed by atoms with Crippen LogP contribution in [-0.4, -0.2) is 18.8 Å². The maximum Gasteiger partial charge on any atom is 0.123 e. The molecule has 2 N–H and O–H groups in total. The van der Waals surface area contributed by atoms with Crippen LogP contribution in [0.25, 0.3) is 0 Å². The van der Waals surface area contributed by atoms with Gasteiger partial charge in [-0.3, -0.25) is 0 Å². The Hall–Kier alpha value is -1.71. The summed E-state index contributed by atoms with van der Waals surface area (Å²) >= 11 is 0. The number of hydrogen-bond acceptors (Lipinski definition) is 1. The zero-order valence-corrected chi connectivity index (χ0v) is 17.6. The van der Waals surface area contributed by atoms with E-state index in [-0.39, 0.29) is 11.4 Å². The van der Waals surface area contributed by atoms with Gasteiger partial charge in [0, 0.05) is 18.6 Å². The number of quaternary nitrogens is 1. The lowest BCUT2D eigenvalue weighted by Gasteiger charge is -2.41. The molecule has 3 rings (SSSR count). The molecule has 1 fully saturated rings. The van der Waals surface area contributed by atoms with E-state index in [1.165, 1.54) is 16.7 Å². The normalized spacial score (nSPS) is 23.5. The molecule has 2 nitrogen and oxygen atoms in total. The van der Waals surface area contributed by atoms with Crippen LogP contribution in [0.4, 0.5) is 4.39 Å². The second-order valence-corrected chi connectivity index (χ2v) is 8.62. The minimum atomic E-state index is -0.165. The molecule has 2 aromatic rings. The van der Waals surface area contributed by atoms with Gasteiger partial charge in [-0.2, -0.15) is 0 Å². The number of hydrogen-bond donors (Lipinski definition) is 1. The highest BCUT2D eigenvalue weighted by atomic mass is 19.1. The van der Waals surface area contributed by atoms with E-state index in [9.17, 15) is 4.39 Å². The first-order chi connectivity index (χ1) is 13.5. The van der Waals surface area contributed by atoms with Crippen LogP contribution < -0.4 is 5.32 Å². The predicted octanol–water partition coefficient (Wildman–Crippen LogP) is 4.97. The Morgan fingerprint density at radius 2 is 1.86 bits per heavy atom. The van der Waals surface area contributed by atoms with Crippen LogP contribution in [0.5, 0.6) is 0 Å². The molecule has 0 aliphatic carbocycles. The Labute approximate surface area is 169 Å². The zero-order chi connectivity index (χ0) is 20.0. The van der Waals surface area contributed by atoms with Gasteiger partial charge in [0.15, 0.2) is 0 Å². The lowest BCUT2D eigenvalue weighted by Crippen LogP contribution is -2.82. The van der Waals surface area contributed by atoms with Crippen LogP contribution in [0.15, 0.2) is 48.5 Å². The molecule has 1 saturated heterocycles. The standard InChI is InChI=1S/C25H34FNO/c1-4-25(3)17-22(14-16-28-25)24(21-9-5-19(2)6-10-21)13-15-27-18-20-7-11-23(26)12-8-20/h5-12,22,24,27H,4,13-18H2,1-3H3/p+1/t22-,24+,25+/m1/s1. The average molecular weight is 385 g/mol. The third-order valence-corrected chi connectivity index (χ3v) is 6.43. The Morgan fingerprint density at radius 3 is 2.54 bits per heavy atom. The van der Waals surface area contributed by atoms with Gasteiger partial charge in [0.25, 0.3) is 0 Å². The van der Waals surface area contributed by atoms with E-state index >= 15 is 0 Å². The highest BCUT2D eigenvalue weighted by molar-refractivity contribution is 5.25. The summed E-state index contributed by atoms with van der Waals surface area (Å²) in [4.78, 5) is 0. The highest BCUT2D eigenvalue weighted by Crippen LogP contribution is 2.41. The van der Waals surface area contributed by atoms with E-state index in [2.05, 4.69) is 50.4 Å². The van der Waals surface area contributed by atoms with Gasteiger partial charge in [0.2, 0.25) is 0 Å². The minimum Gasteiger partial charge on any atom is -0.375 e. The zero-order valence-electron chi connectivity index (χ0n) is 17.6. The Balaban J connectivity index is 1.64. The summed E-state index contributed by atoms with van der Waals surface area (Å²) in [5.74, 6) is 1.07. The van der Waals surface area contributed by atoms with Gasteiger partial charge in [-0.25, -0.2) is 4.39 Å². The molecule has 1 heterocycles. The molecule has 28 heavy (non-hydrogen) atoms. The van der Waals surface area contributed by atoms with Gasteiger partial charge in [0.05, 0.1) is 12.1 Å². The fourth-order valence-electron chi connectivity index (χ4n) is 4.44. The monoisotopic (exact) mass is 384 g/mol. The molecule has 0 saturated carbocycles. The smallest absolute Gasteiger partial charge is 0.123 e. The summed E-state index contributed by atoms with van der Waals surface area (Å²) in [6, 6.07) is 16.0. The van der Waals surface area contributed by atoms with E-state index in [4.69, 9.17) is 4.74 Å². The molecule has 0 unspecified atom stereocenters. The number of aryl methyl sites for hydroxylation is 1. The molecule has 1 aliphatic rings. The van der Waals surface area contributed by atoms with Gasteiger partial charge in [-0.15, -0.1) is 0 Å². The van der Waals surface area contributed by atoms with E-state index in [1.54, 1.807) is 12.1 Å². The summed E-state index contributed by atoms with van der Waals surface area (Å²) in [5.41, 5.74) is 3.98. The summed E-state index contributed by atoms with van der Waals surface area (Å²) in [6.07, 6.45) is 4.52. The summed E-state index contributed by atoms with van der Waals surface area (Å²) < 4.78 is 19.2. The fourth-order valence-corrected chi connectivity index (χ4v) is 4.44. The summed E-state index contributed by atoms with van der Waals surface area (Å²) in [5, 5.41) is 2.35. The molecule has 0 spiro atoms. The van der Waals surface area contributed by atoms with Gasteiger partial charge in [0.1, 0.15) is 12.4 Å². The molecule has 0 amide bonds. The predicted molar refractivity (Wildman–Crippen MR) is 113 cm³/mol. The molecule has 3 atom stereocenters. The van der Waals surface area contributed by atoms with Crippen LogP contribution in [0.3, 0.4) is 0 Å². The van der Waals surface area contributed by atoms with Crippen molar-refractivity contribution in [3.63, 3.8) is 0 Å². The molecule has 0 bridgehead atoms. The topological polar surface area (TPSA) is 25.8 Å². The lowest BCUT2D eigenvalue weighted by atomic mass is 9.74. The van der Waals surface area contributed by atoms with Crippen molar-refractivity contribution in [1.82, 2.24) is 0 Å². The van der Waals surface area contributed by atoms with Crippen molar-refractivity contribution in [2.24, 2.45) is 5.92 Å². The Kier molecular flexibility index (Phi) is 7.25. The first-order valence-electron chi connectivity index (χ1n) is 10.8. The number of ether oxygens (including phenoxy) is 1. The third kappa shape index (κ3) is 5.65. The van der Waals surface area contributed by atoms with Gasteiger partial charge < -0.3 is 10.1 Å². The van der Waals surface area contributed by atoms with Gasteiger partial charge in [-0.05, 0) is 62.6 Å². The largest absolute Gasteiger partial charge is 0.375 e. The van der Waals surface area contributed by atoms with Crippen molar-refractivity contribution in [2.45, 2.75) is 64.5 Å². The van der Waals surface area contributed by atoms with E-state index in [0.717, 1.165) is 45.4 Å². The molecule has 152 valence electrons. The van der Waals surface area contributed by atoms with Crippen molar-refractivity contribution in [1.29, 1.82) is 0 Å². The number of halogens is 1. The Bertz CT molecular complexity index is 727. The maximum absolute atomic E-state index is 13.1. The van der Waals surface area contributed by atoms with Crippen molar-refractivity contribution in [3.05, 3.63) is 71.0 Å². The molecule has 3 heteroatoms. The van der Waals surface area contributed by atoms with Crippen molar-refractivity contribution in [2.75, 3.05) is 13.2 Å². The van der Waals surface area contributed by atoms with E-state index < -0.39 is 0 Å². The maximum atomic E-state index is 13.1. The van der Waals surface area contributed by atoms with Crippen molar-refractivity contribution in [3.8, 4) is 0 Å². The van der Waals surface area contributed by atoms with Crippen molar-refractivity contribution >= 4 is 0 Å². The van der Waals surface area contributed by atoms with Crippen LogP contribution in [0.1, 0.15) is 62.1 Å². The van der Waals surface area contributed by atoms with Gasteiger partial charge in [-0.1, -0.05) is 48.9 Å². The fraction of sp³-hybridized carbons (Fsp3) is 0.520. The van der Waals surface area contributed by atoms with Crippen LogP contribution in [0, 0.1) is 18.7 Å². The molecule has 1 aliphatic heterocycles. The quantitative estimate of drug-likeness (QED) is 0.639. The third-order valence-electron chi connectivity index (χ3n) is 6.43. The Morgan fingerprint density at radius 1 is 1.14 bits per heavy atom. The molecule has 0 aromatic heterocycles. The average Bonchev–Trinajstić information content (AvgIpc) is 2.70. The SMILES string of the molecule is CC[C@@]1(C)C[C@H]([C@@H](CC[NH2+]Cc2ccc(F)cc2)c2ccc(C)cc2)CCO1. The first kappa shape index (κ1) is 21.0. The van der Waals surface area contributed by atoms with Crippen LogP contribution >= 0.6 is 0 Å². The van der Waals surface area contributed by atoms with E-state index in [0.29, 0.717) is 11.8 Å². The number of rotatable bonds is 8. The molecular formula is C25H35FNO+. The minimum absolute atomic E-state index is 0.0175. The highest BCUT2D eigenvalue weighted by Gasteiger charge is 2.36. The van der Waals surface area contributed by atoms with Gasteiger partial charge >= 0.3 is 0 Å². The number of nitrogens with two attached hydrogens (primary N) is 1. The molecule has 0 radical (unpaired) electrons. The number of benzene rings is 2. The molecule has 2 aromatic carbocycles. The summed E-state index contributed by atoms with van der Waals surface area (Å²) in [7, 11) is 0. The lowest BCUT2D eigenvalue weighted by molar-refractivity contribution is -0.671. The second-order valence-electron chi connectivity index (χ2n) is 8.62. The van der Waals surface area contributed by atoms with Crippen LogP contribution in [0.2, 0.25) is 0 Å². The first-order valence-corrected chi connectivity index (χ1v) is 10.8. The van der Waals surface area contributed by atoms with Crippen LogP contribution in [-0.2, 0) is 11.3 Å². The summed E-state index contributed by atoms with van der Waals surface area (Å²) in [6.45, 7) is 9.51.